The van der Waals surface area contributed by atoms with Gasteiger partial charge in [-0.3, -0.25) is 4.90 Å². The van der Waals surface area contributed by atoms with Gasteiger partial charge in [-0.1, -0.05) is 6.42 Å². The van der Waals surface area contributed by atoms with E-state index < -0.39 is 0 Å². The Labute approximate surface area is 97.8 Å². The van der Waals surface area contributed by atoms with Gasteiger partial charge in [0, 0.05) is 18.0 Å². The van der Waals surface area contributed by atoms with Crippen LogP contribution in [0.2, 0.25) is 0 Å². The second kappa shape index (κ2) is 3.69. The molecule has 0 amide bonds. The molecule has 3 heteroatoms. The molecule has 1 atom stereocenters. The third-order valence-corrected chi connectivity index (χ3v) is 4.85. The van der Waals surface area contributed by atoms with Gasteiger partial charge in [-0.05, 0) is 39.2 Å². The maximum absolute atomic E-state index is 9.34. The Hall–Kier alpha value is -0.120. The summed E-state index contributed by atoms with van der Waals surface area (Å²) in [6, 6.07) is 0.719. The van der Waals surface area contributed by atoms with Gasteiger partial charge < -0.3 is 9.84 Å². The lowest BCUT2D eigenvalue weighted by Crippen LogP contribution is -2.55. The molecule has 0 aromatic heterocycles. The van der Waals surface area contributed by atoms with Crippen molar-refractivity contribution in [1.82, 2.24) is 4.90 Å². The first-order valence-electron chi connectivity index (χ1n) is 6.66. The molecule has 0 aromatic carbocycles. The van der Waals surface area contributed by atoms with Crippen LogP contribution in [0.15, 0.2) is 0 Å². The van der Waals surface area contributed by atoms with Gasteiger partial charge in [0.15, 0.2) is 0 Å². The van der Waals surface area contributed by atoms with E-state index in [2.05, 4.69) is 11.8 Å². The second-order valence-electron chi connectivity index (χ2n) is 6.30. The maximum Gasteiger partial charge on any atom is 0.0823 e. The predicted octanol–water partition coefficient (Wildman–Crippen LogP) is 1.40. The molecule has 0 aromatic rings. The van der Waals surface area contributed by atoms with Gasteiger partial charge in [-0.2, -0.15) is 0 Å². The molecule has 92 valence electrons. The van der Waals surface area contributed by atoms with Crippen LogP contribution in [0.5, 0.6) is 0 Å². The molecule has 4 fully saturated rings. The van der Waals surface area contributed by atoms with Gasteiger partial charge in [-0.15, -0.1) is 0 Å². The third kappa shape index (κ3) is 1.60. The van der Waals surface area contributed by atoms with Crippen LogP contribution in [-0.4, -0.2) is 48.0 Å². The molecule has 1 aliphatic carbocycles. The highest BCUT2D eigenvalue weighted by atomic mass is 16.5. The van der Waals surface area contributed by atoms with Gasteiger partial charge in [0.1, 0.15) is 0 Å². The summed E-state index contributed by atoms with van der Waals surface area (Å²) in [7, 11) is 0. The van der Waals surface area contributed by atoms with Gasteiger partial charge in [-0.25, -0.2) is 0 Å². The third-order valence-electron chi connectivity index (χ3n) is 4.85. The van der Waals surface area contributed by atoms with Crippen LogP contribution in [0.1, 0.15) is 39.0 Å². The first-order chi connectivity index (χ1) is 7.67. The minimum Gasteiger partial charge on any atom is -0.396 e. The molecule has 1 N–H and O–H groups in total. The molecular weight excluding hydrogens is 202 g/mol. The van der Waals surface area contributed by atoms with E-state index in [0.717, 1.165) is 32.0 Å². The Kier molecular flexibility index (Phi) is 2.54. The van der Waals surface area contributed by atoms with E-state index >= 15 is 0 Å². The molecular formula is C13H23NO2. The summed E-state index contributed by atoms with van der Waals surface area (Å²) in [6.07, 6.45) is 6.22. The lowest BCUT2D eigenvalue weighted by molar-refractivity contribution is -0.0631. The molecule has 2 bridgehead atoms. The number of aliphatic hydroxyl groups excluding tert-OH is 1. The molecule has 4 rings (SSSR count). The molecule has 3 saturated heterocycles. The summed E-state index contributed by atoms with van der Waals surface area (Å²) >= 11 is 0. The van der Waals surface area contributed by atoms with Crippen molar-refractivity contribution in [3.8, 4) is 0 Å². The van der Waals surface area contributed by atoms with E-state index in [4.69, 9.17) is 4.74 Å². The van der Waals surface area contributed by atoms with Crippen molar-refractivity contribution in [3.05, 3.63) is 0 Å². The van der Waals surface area contributed by atoms with E-state index in [1.165, 1.54) is 25.8 Å². The maximum atomic E-state index is 9.34. The molecule has 1 unspecified atom stereocenters. The highest BCUT2D eigenvalue weighted by Crippen LogP contribution is 2.57. The SMILES string of the molecule is CC1CCCCN1CC12CC(CO)(CO1)C2. The molecule has 0 radical (unpaired) electrons. The van der Waals surface area contributed by atoms with Gasteiger partial charge >= 0.3 is 0 Å². The number of hydrogen-bond donors (Lipinski definition) is 1. The zero-order chi connectivity index (χ0) is 11.2. The summed E-state index contributed by atoms with van der Waals surface area (Å²) in [5, 5.41) is 9.34. The highest BCUT2D eigenvalue weighted by molar-refractivity contribution is 5.12. The fourth-order valence-corrected chi connectivity index (χ4v) is 3.90. The lowest BCUT2D eigenvalue weighted by Gasteiger charge is -2.47. The van der Waals surface area contributed by atoms with Crippen molar-refractivity contribution in [3.63, 3.8) is 0 Å². The number of likely N-dealkylation sites (tertiary alicyclic amines) is 1. The van der Waals surface area contributed by atoms with Crippen molar-refractivity contribution < 1.29 is 9.84 Å². The Morgan fingerprint density at radius 2 is 2.19 bits per heavy atom. The average molecular weight is 225 g/mol. The Morgan fingerprint density at radius 1 is 1.38 bits per heavy atom. The number of rotatable bonds is 3. The van der Waals surface area contributed by atoms with Crippen LogP contribution >= 0.6 is 0 Å². The van der Waals surface area contributed by atoms with Crippen molar-refractivity contribution in [2.75, 3.05) is 26.3 Å². The van der Waals surface area contributed by atoms with Crippen molar-refractivity contribution in [2.45, 2.75) is 50.7 Å². The highest BCUT2D eigenvalue weighted by Gasteiger charge is 2.62. The van der Waals surface area contributed by atoms with Crippen molar-refractivity contribution in [2.24, 2.45) is 5.41 Å². The standard InChI is InChI=1S/C13H23NO2/c1-11-4-2-3-5-14(11)8-13-6-12(7-13,9-15)10-16-13/h11,15H,2-10H2,1H3. The van der Waals surface area contributed by atoms with Crippen LogP contribution in [0, 0.1) is 5.41 Å². The molecule has 4 aliphatic rings. The zero-order valence-corrected chi connectivity index (χ0v) is 10.2. The monoisotopic (exact) mass is 225 g/mol. The van der Waals surface area contributed by atoms with Crippen LogP contribution < -0.4 is 0 Å². The smallest absolute Gasteiger partial charge is 0.0823 e. The molecule has 1 saturated carbocycles. The number of ether oxygens (including phenoxy) is 1. The normalized spacial score (nSPS) is 48.0. The van der Waals surface area contributed by atoms with Crippen molar-refractivity contribution >= 4 is 0 Å². The van der Waals surface area contributed by atoms with E-state index in [9.17, 15) is 5.11 Å². The first-order valence-corrected chi connectivity index (χ1v) is 6.66. The first kappa shape index (κ1) is 11.0. The predicted molar refractivity (Wildman–Crippen MR) is 62.3 cm³/mol. The number of aliphatic hydroxyl groups is 1. The van der Waals surface area contributed by atoms with Gasteiger partial charge in [0.25, 0.3) is 0 Å². The fraction of sp³-hybridized carbons (Fsp3) is 1.00. The quantitative estimate of drug-likeness (QED) is 0.788. The second-order valence-corrected chi connectivity index (χ2v) is 6.30. The van der Waals surface area contributed by atoms with Crippen LogP contribution in [-0.2, 0) is 4.74 Å². The Balaban J connectivity index is 1.60. The van der Waals surface area contributed by atoms with Crippen LogP contribution in [0.3, 0.4) is 0 Å². The Morgan fingerprint density at radius 3 is 2.81 bits per heavy atom. The van der Waals surface area contributed by atoms with E-state index in [1.54, 1.807) is 0 Å². The minimum atomic E-state index is 0.105. The molecule has 3 aliphatic heterocycles. The minimum absolute atomic E-state index is 0.105. The lowest BCUT2D eigenvalue weighted by atomic mass is 9.62. The summed E-state index contributed by atoms with van der Waals surface area (Å²) < 4.78 is 5.96. The molecule has 0 spiro atoms. The summed E-state index contributed by atoms with van der Waals surface area (Å²) in [4.78, 5) is 2.59. The summed E-state index contributed by atoms with van der Waals surface area (Å²) in [5.41, 5.74) is 0.243. The van der Waals surface area contributed by atoms with Crippen LogP contribution in [0.4, 0.5) is 0 Å². The number of piperidine rings is 1. The number of hydrogen-bond acceptors (Lipinski definition) is 3. The summed E-state index contributed by atoms with van der Waals surface area (Å²) in [5.74, 6) is 0. The zero-order valence-electron chi connectivity index (χ0n) is 10.2. The van der Waals surface area contributed by atoms with Crippen LogP contribution in [0.25, 0.3) is 0 Å². The summed E-state index contributed by atoms with van der Waals surface area (Å²) in [6.45, 7) is 5.76. The van der Waals surface area contributed by atoms with Crippen molar-refractivity contribution in [1.29, 1.82) is 0 Å². The average Bonchev–Trinajstić information content (AvgIpc) is 2.77. The Bertz CT molecular complexity index is 273. The largest absolute Gasteiger partial charge is 0.396 e. The topological polar surface area (TPSA) is 32.7 Å². The molecule has 3 nitrogen and oxygen atoms in total. The fourth-order valence-electron chi connectivity index (χ4n) is 3.90. The number of fused-ring (bicyclic) bond motifs is 1. The molecule has 16 heavy (non-hydrogen) atoms. The van der Waals surface area contributed by atoms with Gasteiger partial charge in [0.2, 0.25) is 0 Å². The van der Waals surface area contributed by atoms with E-state index in [1.807, 2.05) is 0 Å². The van der Waals surface area contributed by atoms with Gasteiger partial charge in [0.05, 0.1) is 18.8 Å². The number of nitrogens with zero attached hydrogens (tertiary/aromatic N) is 1. The van der Waals surface area contributed by atoms with E-state index in [0.29, 0.717) is 6.61 Å². The molecule has 3 heterocycles. The van der Waals surface area contributed by atoms with E-state index in [-0.39, 0.29) is 11.0 Å².